The SMILES string of the molecule is COc1cc(OC)c(Cl)c(NC(=O)N(Cc2cccnc2)c2cc(Nc3ccccc3N)ncn2)c1Cl. The van der Waals surface area contributed by atoms with Gasteiger partial charge in [0.2, 0.25) is 0 Å². The lowest BCUT2D eigenvalue weighted by Crippen LogP contribution is -2.35. The number of methoxy groups -OCH3 is 2. The molecule has 0 aliphatic carbocycles. The summed E-state index contributed by atoms with van der Waals surface area (Å²) in [7, 11) is 2.90. The number of para-hydroxylation sites is 2. The van der Waals surface area contributed by atoms with Gasteiger partial charge in [-0.1, -0.05) is 41.4 Å². The maximum absolute atomic E-state index is 13.6. The summed E-state index contributed by atoms with van der Waals surface area (Å²) in [5.74, 6) is 1.30. The van der Waals surface area contributed by atoms with E-state index in [0.717, 1.165) is 5.56 Å². The van der Waals surface area contributed by atoms with Crippen molar-refractivity contribution in [2.45, 2.75) is 6.54 Å². The average molecular weight is 540 g/mol. The third-order valence-electron chi connectivity index (χ3n) is 5.27. The molecule has 2 aromatic heterocycles. The second-order valence-electron chi connectivity index (χ2n) is 7.64. The maximum Gasteiger partial charge on any atom is 0.327 e. The Balaban J connectivity index is 1.70. The number of hydrogen-bond donors (Lipinski definition) is 3. The van der Waals surface area contributed by atoms with Crippen LogP contribution in [0.2, 0.25) is 10.0 Å². The molecule has 2 amide bonds. The van der Waals surface area contributed by atoms with Gasteiger partial charge in [0.1, 0.15) is 39.5 Å². The van der Waals surface area contributed by atoms with Gasteiger partial charge >= 0.3 is 6.03 Å². The Kier molecular flexibility index (Phi) is 8.11. The van der Waals surface area contributed by atoms with Gasteiger partial charge in [0.15, 0.2) is 0 Å². The third kappa shape index (κ3) is 5.93. The van der Waals surface area contributed by atoms with Crippen LogP contribution in [0.5, 0.6) is 11.5 Å². The van der Waals surface area contributed by atoms with E-state index in [2.05, 4.69) is 25.6 Å². The number of pyridine rings is 1. The number of aromatic nitrogens is 3. The number of carbonyl (C=O) groups excluding carboxylic acids is 1. The molecule has 4 aromatic rings. The quantitative estimate of drug-likeness (QED) is 0.241. The number of ether oxygens (including phenoxy) is 2. The number of amides is 2. The number of nitrogen functional groups attached to an aromatic ring is 1. The fourth-order valence-corrected chi connectivity index (χ4v) is 4.01. The molecule has 0 aliphatic heterocycles. The van der Waals surface area contributed by atoms with Crippen LogP contribution in [0.1, 0.15) is 5.56 Å². The van der Waals surface area contributed by atoms with Crippen molar-refractivity contribution < 1.29 is 14.3 Å². The van der Waals surface area contributed by atoms with E-state index < -0.39 is 6.03 Å². The summed E-state index contributed by atoms with van der Waals surface area (Å²) >= 11 is 12.9. The highest BCUT2D eigenvalue weighted by molar-refractivity contribution is 6.41. The molecule has 0 radical (unpaired) electrons. The monoisotopic (exact) mass is 539 g/mol. The molecule has 190 valence electrons. The van der Waals surface area contributed by atoms with Crippen LogP contribution < -0.4 is 30.7 Å². The van der Waals surface area contributed by atoms with E-state index >= 15 is 0 Å². The zero-order chi connectivity index (χ0) is 26.4. The highest BCUT2D eigenvalue weighted by Gasteiger charge is 2.24. The van der Waals surface area contributed by atoms with E-state index in [-0.39, 0.29) is 33.8 Å². The first-order valence-electron chi connectivity index (χ1n) is 10.9. The Labute approximate surface area is 223 Å². The molecule has 0 bridgehead atoms. The van der Waals surface area contributed by atoms with Crippen LogP contribution in [-0.2, 0) is 6.54 Å². The molecule has 0 fully saturated rings. The Morgan fingerprint density at radius 3 is 2.41 bits per heavy atom. The minimum Gasteiger partial charge on any atom is -0.495 e. The Bertz CT molecular complexity index is 1380. The molecule has 2 heterocycles. The fourth-order valence-electron chi connectivity index (χ4n) is 3.41. The number of nitrogens with two attached hydrogens (primary N) is 1. The first-order valence-corrected chi connectivity index (χ1v) is 11.7. The van der Waals surface area contributed by atoms with E-state index in [4.69, 9.17) is 38.4 Å². The number of urea groups is 1. The topological polar surface area (TPSA) is 128 Å². The number of anilines is 5. The molecular weight excluding hydrogens is 517 g/mol. The molecule has 2 aromatic carbocycles. The fraction of sp³-hybridized carbons (Fsp3) is 0.120. The van der Waals surface area contributed by atoms with Crippen molar-refractivity contribution in [3.63, 3.8) is 0 Å². The van der Waals surface area contributed by atoms with Gasteiger partial charge in [0, 0.05) is 24.5 Å². The van der Waals surface area contributed by atoms with Crippen LogP contribution in [0.25, 0.3) is 0 Å². The van der Waals surface area contributed by atoms with Crippen LogP contribution in [0.3, 0.4) is 0 Å². The van der Waals surface area contributed by atoms with Gasteiger partial charge < -0.3 is 25.8 Å². The molecule has 12 heteroatoms. The molecule has 0 unspecified atom stereocenters. The number of hydrogen-bond acceptors (Lipinski definition) is 8. The van der Waals surface area contributed by atoms with E-state index in [1.807, 2.05) is 24.3 Å². The van der Waals surface area contributed by atoms with Crippen molar-refractivity contribution in [2.24, 2.45) is 0 Å². The third-order valence-corrected chi connectivity index (χ3v) is 6.02. The zero-order valence-corrected chi connectivity index (χ0v) is 21.4. The largest absolute Gasteiger partial charge is 0.495 e. The minimum absolute atomic E-state index is 0.118. The lowest BCUT2D eigenvalue weighted by atomic mass is 10.2. The zero-order valence-electron chi connectivity index (χ0n) is 19.9. The van der Waals surface area contributed by atoms with E-state index in [1.165, 1.54) is 31.5 Å². The summed E-state index contributed by atoms with van der Waals surface area (Å²) in [5.41, 5.74) is 8.15. The number of carbonyl (C=O) groups is 1. The first-order chi connectivity index (χ1) is 17.9. The summed E-state index contributed by atoms with van der Waals surface area (Å²) < 4.78 is 10.6. The van der Waals surface area contributed by atoms with Gasteiger partial charge in [0.05, 0.1) is 37.8 Å². The van der Waals surface area contributed by atoms with Crippen LogP contribution in [0.4, 0.5) is 33.5 Å². The number of rotatable bonds is 8. The molecule has 10 nitrogen and oxygen atoms in total. The van der Waals surface area contributed by atoms with E-state index in [0.29, 0.717) is 23.0 Å². The molecular formula is C25H23Cl2N7O3. The number of benzene rings is 2. The van der Waals surface area contributed by atoms with Crippen LogP contribution in [0.15, 0.2) is 67.3 Å². The molecule has 0 aliphatic rings. The summed E-state index contributed by atoms with van der Waals surface area (Å²) in [6, 6.07) is 13.5. The molecule has 37 heavy (non-hydrogen) atoms. The molecule has 4 N–H and O–H groups in total. The number of nitrogens with one attached hydrogen (secondary N) is 2. The standard InChI is InChI=1S/C25H23Cl2N7O3/c1-36-18-10-19(37-2)23(27)24(22(18)26)33-25(35)34(13-15-6-5-9-29-12-15)21-11-20(30-14-31-21)32-17-8-4-3-7-16(17)28/h3-12,14H,13,28H2,1-2H3,(H,33,35)(H,30,31,32). The van der Waals surface area contributed by atoms with Gasteiger partial charge in [-0.3, -0.25) is 9.88 Å². The lowest BCUT2D eigenvalue weighted by Gasteiger charge is -2.24. The first kappa shape index (κ1) is 25.8. The van der Waals surface area contributed by atoms with Gasteiger partial charge in [-0.05, 0) is 23.8 Å². The van der Waals surface area contributed by atoms with Crippen LogP contribution in [-0.4, -0.2) is 35.2 Å². The number of halogens is 2. The van der Waals surface area contributed by atoms with Gasteiger partial charge in [-0.15, -0.1) is 0 Å². The number of nitrogens with zero attached hydrogens (tertiary/aromatic N) is 4. The highest BCUT2D eigenvalue weighted by Crippen LogP contribution is 2.44. The van der Waals surface area contributed by atoms with Crippen LogP contribution >= 0.6 is 23.2 Å². The second kappa shape index (κ2) is 11.6. The second-order valence-corrected chi connectivity index (χ2v) is 8.39. The summed E-state index contributed by atoms with van der Waals surface area (Å²) in [4.78, 5) is 27.8. The molecule has 0 atom stereocenters. The molecule has 4 rings (SSSR count). The average Bonchev–Trinajstić information content (AvgIpc) is 2.92. The van der Waals surface area contributed by atoms with E-state index in [1.54, 1.807) is 30.6 Å². The van der Waals surface area contributed by atoms with Crippen molar-refractivity contribution in [3.8, 4) is 11.5 Å². The van der Waals surface area contributed by atoms with Crippen LogP contribution in [0, 0.1) is 0 Å². The van der Waals surface area contributed by atoms with Crippen molar-refractivity contribution in [1.82, 2.24) is 15.0 Å². The van der Waals surface area contributed by atoms with Gasteiger partial charge in [-0.25, -0.2) is 14.8 Å². The van der Waals surface area contributed by atoms with Crippen molar-refractivity contribution in [2.75, 3.05) is 35.5 Å². The van der Waals surface area contributed by atoms with Gasteiger partial charge in [0.25, 0.3) is 0 Å². The predicted molar refractivity (Wildman–Crippen MR) is 145 cm³/mol. The van der Waals surface area contributed by atoms with E-state index in [9.17, 15) is 4.79 Å². The lowest BCUT2D eigenvalue weighted by molar-refractivity contribution is 0.256. The Morgan fingerprint density at radius 1 is 1.03 bits per heavy atom. The summed E-state index contributed by atoms with van der Waals surface area (Å²) in [5, 5.41) is 6.15. The highest BCUT2D eigenvalue weighted by atomic mass is 35.5. The Hall–Kier alpha value is -4.28. The molecule has 0 saturated carbocycles. The molecule has 0 saturated heterocycles. The van der Waals surface area contributed by atoms with Crippen molar-refractivity contribution in [3.05, 3.63) is 82.9 Å². The van der Waals surface area contributed by atoms with Crippen molar-refractivity contribution >= 4 is 57.9 Å². The normalized spacial score (nSPS) is 10.5. The van der Waals surface area contributed by atoms with Gasteiger partial charge in [-0.2, -0.15) is 0 Å². The van der Waals surface area contributed by atoms with Crippen molar-refractivity contribution in [1.29, 1.82) is 0 Å². The summed E-state index contributed by atoms with van der Waals surface area (Å²) in [6.45, 7) is 0.139. The summed E-state index contributed by atoms with van der Waals surface area (Å²) in [6.07, 6.45) is 4.64. The maximum atomic E-state index is 13.6. The Morgan fingerprint density at radius 2 is 1.76 bits per heavy atom. The smallest absolute Gasteiger partial charge is 0.327 e. The molecule has 0 spiro atoms. The minimum atomic E-state index is -0.563. The predicted octanol–water partition coefficient (Wildman–Crippen LogP) is 5.76.